The first kappa shape index (κ1) is 16.4. The molecule has 0 heterocycles. The highest BCUT2D eigenvalue weighted by Gasteiger charge is 2.01. The predicted molar refractivity (Wildman–Crippen MR) is 71.9 cm³/mol. The first-order valence-electron chi connectivity index (χ1n) is 4.71. The summed E-state index contributed by atoms with van der Waals surface area (Å²) >= 11 is 3.44. The summed E-state index contributed by atoms with van der Waals surface area (Å²) in [6, 6.07) is 7.86. The maximum Gasteiger partial charge on any atom is 0.0764 e. The van der Waals surface area contributed by atoms with Gasteiger partial charge >= 0.3 is 0 Å². The van der Waals surface area contributed by atoms with Crippen molar-refractivity contribution < 1.29 is 5.11 Å². The molecular formula is C11H21OPS. The average molecular weight is 232 g/mol. The lowest BCUT2D eigenvalue weighted by molar-refractivity contribution is 0.198. The third kappa shape index (κ3) is 6.42. The van der Waals surface area contributed by atoms with Crippen molar-refractivity contribution in [1.82, 2.24) is 0 Å². The van der Waals surface area contributed by atoms with Gasteiger partial charge in [0.2, 0.25) is 0 Å². The van der Waals surface area contributed by atoms with Gasteiger partial charge in [0.25, 0.3) is 0 Å². The molecule has 0 saturated heterocycles. The molecule has 2 atom stereocenters. The van der Waals surface area contributed by atoms with Crippen molar-refractivity contribution in [3.63, 3.8) is 0 Å². The molecule has 82 valence electrons. The maximum atomic E-state index is 9.20. The molecule has 0 saturated carbocycles. The van der Waals surface area contributed by atoms with Gasteiger partial charge in [-0.15, -0.1) is 0 Å². The minimum absolute atomic E-state index is 0.346. The summed E-state index contributed by atoms with van der Waals surface area (Å²) in [5.41, 5.74) is 2.17. The fourth-order valence-electron chi connectivity index (χ4n) is 1.06. The van der Waals surface area contributed by atoms with E-state index in [2.05, 4.69) is 20.7 Å². The van der Waals surface area contributed by atoms with Crippen LogP contribution in [-0.4, -0.2) is 5.11 Å². The fourth-order valence-corrected chi connectivity index (χ4v) is 1.06. The molecule has 2 unspecified atom stereocenters. The predicted octanol–water partition coefficient (Wildman–Crippen LogP) is 3.78. The van der Waals surface area contributed by atoms with Crippen molar-refractivity contribution in [2.24, 2.45) is 0 Å². The number of aliphatic hydroxyl groups excluding tert-OH is 1. The second kappa shape index (κ2) is 11.0. The van der Waals surface area contributed by atoms with E-state index in [1.807, 2.05) is 45.0 Å². The molecule has 1 aromatic carbocycles. The summed E-state index contributed by atoms with van der Waals surface area (Å²) in [5, 5.41) is 9.20. The molecule has 3 heteroatoms. The van der Waals surface area contributed by atoms with Crippen LogP contribution < -0.4 is 0 Å². The van der Waals surface area contributed by atoms with Crippen LogP contribution in [0.3, 0.4) is 0 Å². The average Bonchev–Trinajstić information content (AvgIpc) is 2.24. The van der Waals surface area contributed by atoms with Gasteiger partial charge < -0.3 is 5.11 Å². The van der Waals surface area contributed by atoms with E-state index in [9.17, 15) is 5.11 Å². The molecule has 0 aliphatic heterocycles. The van der Waals surface area contributed by atoms with Crippen LogP contribution in [0.25, 0.3) is 0 Å². The Balaban J connectivity index is 0. The minimum Gasteiger partial charge on any atom is -0.389 e. The van der Waals surface area contributed by atoms with E-state index in [0.29, 0.717) is 0 Å². The largest absolute Gasteiger partial charge is 0.389 e. The second-order valence-corrected chi connectivity index (χ2v) is 2.53. The van der Waals surface area contributed by atoms with Crippen molar-refractivity contribution in [3.05, 3.63) is 35.4 Å². The monoisotopic (exact) mass is 232 g/mol. The first-order chi connectivity index (χ1) is 6.72. The second-order valence-electron chi connectivity index (χ2n) is 2.53. The van der Waals surface area contributed by atoms with Crippen LogP contribution in [0.15, 0.2) is 24.3 Å². The number of hydrogen-bond donors (Lipinski definition) is 2. The molecule has 1 rings (SSSR count). The molecule has 0 fully saturated rings. The number of aliphatic hydroxyl groups is 1. The van der Waals surface area contributed by atoms with Crippen LogP contribution in [0.5, 0.6) is 0 Å². The zero-order valence-electron chi connectivity index (χ0n) is 9.36. The topological polar surface area (TPSA) is 20.2 Å². The zero-order valence-corrected chi connectivity index (χ0v) is 11.4. The molecule has 1 N–H and O–H groups in total. The van der Waals surface area contributed by atoms with Gasteiger partial charge in [0.05, 0.1) is 6.10 Å². The summed E-state index contributed by atoms with van der Waals surface area (Å²) in [4.78, 5) is 0. The smallest absolute Gasteiger partial charge is 0.0764 e. The Morgan fingerprint density at radius 3 is 1.93 bits per heavy atom. The molecule has 0 aliphatic carbocycles. The van der Waals surface area contributed by atoms with Gasteiger partial charge in [-0.05, 0) is 25.0 Å². The molecule has 0 spiro atoms. The lowest BCUT2D eigenvalue weighted by Crippen LogP contribution is -1.92. The van der Waals surface area contributed by atoms with Crippen molar-refractivity contribution in [2.45, 2.75) is 33.8 Å². The van der Waals surface area contributed by atoms with Crippen molar-refractivity contribution in [2.75, 3.05) is 0 Å². The Morgan fingerprint density at radius 2 is 1.64 bits per heavy atom. The molecule has 1 nitrogen and oxygen atoms in total. The van der Waals surface area contributed by atoms with E-state index in [1.54, 1.807) is 6.92 Å². The van der Waals surface area contributed by atoms with E-state index < -0.39 is 0 Å². The van der Waals surface area contributed by atoms with E-state index in [1.165, 1.54) is 0 Å². The Morgan fingerprint density at radius 1 is 1.21 bits per heavy atom. The van der Waals surface area contributed by atoms with Crippen LogP contribution >= 0.6 is 20.7 Å². The van der Waals surface area contributed by atoms with E-state index >= 15 is 0 Å². The number of aryl methyl sites for hydroxylation is 1. The summed E-state index contributed by atoms with van der Waals surface area (Å²) in [6.07, 6.45) is -0.346. The summed E-state index contributed by atoms with van der Waals surface area (Å²) < 4.78 is 0. The molecule has 0 bridgehead atoms. The molecule has 0 aliphatic rings. The quantitative estimate of drug-likeness (QED) is 0.557. The highest BCUT2D eigenvalue weighted by atomic mass is 32.7. The summed E-state index contributed by atoms with van der Waals surface area (Å²) in [7, 11) is 2.11. The van der Waals surface area contributed by atoms with E-state index in [4.69, 9.17) is 0 Å². The Bertz CT molecular complexity index is 226. The van der Waals surface area contributed by atoms with Crippen molar-refractivity contribution in [1.29, 1.82) is 0 Å². The van der Waals surface area contributed by atoms with E-state index in [0.717, 1.165) is 11.1 Å². The Labute approximate surface area is 95.3 Å². The van der Waals surface area contributed by atoms with Crippen LogP contribution in [0.2, 0.25) is 0 Å². The normalized spacial score (nSPS) is 10.2. The van der Waals surface area contributed by atoms with Crippen LogP contribution in [-0.2, 0) is 0 Å². The molecular weight excluding hydrogens is 211 g/mol. The molecule has 14 heavy (non-hydrogen) atoms. The van der Waals surface area contributed by atoms with Crippen LogP contribution in [0, 0.1) is 6.92 Å². The van der Waals surface area contributed by atoms with Crippen LogP contribution in [0.4, 0.5) is 0 Å². The highest BCUT2D eigenvalue weighted by Crippen LogP contribution is 2.15. The SMILES string of the molecule is CC.Cc1ccccc1C(C)O.PS. The number of rotatable bonds is 1. The van der Waals surface area contributed by atoms with Gasteiger partial charge in [-0.1, -0.05) is 46.6 Å². The lowest BCUT2D eigenvalue weighted by Gasteiger charge is -2.06. The minimum atomic E-state index is -0.346. The van der Waals surface area contributed by atoms with Gasteiger partial charge in [-0.3, -0.25) is 0 Å². The lowest BCUT2D eigenvalue weighted by atomic mass is 10.1. The van der Waals surface area contributed by atoms with Crippen LogP contribution in [0.1, 0.15) is 38.0 Å². The number of hydrogen-bond acceptors (Lipinski definition) is 2. The standard InChI is InChI=1S/C9H12O.C2H6.H3PS/c1-7-5-3-4-6-9(7)8(2)10;2*1-2/h3-6,8,10H,1-2H3;1-2H3;2H,1H2. The van der Waals surface area contributed by atoms with Crippen molar-refractivity contribution in [3.8, 4) is 0 Å². The highest BCUT2D eigenvalue weighted by molar-refractivity contribution is 8.31. The third-order valence-electron chi connectivity index (χ3n) is 1.64. The first-order valence-corrected chi connectivity index (χ1v) is 6.78. The van der Waals surface area contributed by atoms with Gasteiger partial charge in [0.15, 0.2) is 0 Å². The molecule has 1 aromatic rings. The number of thiol groups is 1. The summed E-state index contributed by atoms with van der Waals surface area (Å²) in [6.45, 7) is 7.78. The van der Waals surface area contributed by atoms with E-state index in [-0.39, 0.29) is 6.10 Å². The van der Waals surface area contributed by atoms with Gasteiger partial charge in [0.1, 0.15) is 0 Å². The molecule has 0 radical (unpaired) electrons. The fraction of sp³-hybridized carbons (Fsp3) is 0.455. The zero-order chi connectivity index (χ0) is 11.6. The summed E-state index contributed by atoms with van der Waals surface area (Å²) in [5.74, 6) is 0. The number of benzene rings is 1. The third-order valence-corrected chi connectivity index (χ3v) is 1.64. The molecule has 0 aromatic heterocycles. The Hall–Kier alpha value is -0.0400. The van der Waals surface area contributed by atoms with Gasteiger partial charge in [-0.2, -0.15) is 12.2 Å². The maximum absolute atomic E-state index is 9.20. The van der Waals surface area contributed by atoms with Gasteiger partial charge in [-0.25, -0.2) is 0 Å². The molecule has 0 amide bonds. The Kier molecular flexibility index (Phi) is 12.9. The van der Waals surface area contributed by atoms with Gasteiger partial charge in [0, 0.05) is 0 Å². The van der Waals surface area contributed by atoms with Crippen molar-refractivity contribution >= 4 is 20.7 Å².